The van der Waals surface area contributed by atoms with Crippen molar-refractivity contribution < 1.29 is 4.79 Å². The monoisotopic (exact) mass is 209 g/mol. The van der Waals surface area contributed by atoms with Gasteiger partial charge in [-0.25, -0.2) is 0 Å². The van der Waals surface area contributed by atoms with Crippen LogP contribution in [0.3, 0.4) is 0 Å². The standard InChI is InChI=1S/C13H23NO/c1-12(2,3)9-11(15)14-10-5-8-13(10)6-4-7-13/h10H,4-9H2,1-3H3,(H,14,15). The van der Waals surface area contributed by atoms with Gasteiger partial charge in [-0.05, 0) is 36.5 Å². The van der Waals surface area contributed by atoms with Crippen molar-refractivity contribution in [1.82, 2.24) is 5.32 Å². The summed E-state index contributed by atoms with van der Waals surface area (Å²) in [5, 5.41) is 3.23. The topological polar surface area (TPSA) is 29.1 Å². The van der Waals surface area contributed by atoms with E-state index in [1.54, 1.807) is 0 Å². The Kier molecular flexibility index (Phi) is 2.56. The fourth-order valence-corrected chi connectivity index (χ4v) is 2.88. The van der Waals surface area contributed by atoms with Crippen molar-refractivity contribution >= 4 is 5.91 Å². The number of amides is 1. The fraction of sp³-hybridized carbons (Fsp3) is 0.923. The Morgan fingerprint density at radius 2 is 2.00 bits per heavy atom. The molecule has 1 amide bonds. The van der Waals surface area contributed by atoms with Gasteiger partial charge in [0.25, 0.3) is 0 Å². The number of carbonyl (C=O) groups excluding carboxylic acids is 1. The molecular weight excluding hydrogens is 186 g/mol. The molecule has 15 heavy (non-hydrogen) atoms. The second-order valence-electron chi connectivity index (χ2n) is 6.61. The Balaban J connectivity index is 1.80. The number of hydrogen-bond donors (Lipinski definition) is 1. The lowest BCUT2D eigenvalue weighted by Crippen LogP contribution is -2.58. The molecule has 2 heteroatoms. The molecule has 0 bridgehead atoms. The van der Waals surface area contributed by atoms with E-state index in [2.05, 4.69) is 26.1 Å². The number of hydrogen-bond acceptors (Lipinski definition) is 1. The van der Waals surface area contributed by atoms with Crippen LogP contribution < -0.4 is 5.32 Å². The number of rotatable bonds is 2. The van der Waals surface area contributed by atoms with Crippen molar-refractivity contribution in [2.75, 3.05) is 0 Å². The van der Waals surface area contributed by atoms with Crippen molar-refractivity contribution in [3.63, 3.8) is 0 Å². The molecule has 0 aliphatic heterocycles. The minimum absolute atomic E-state index is 0.112. The van der Waals surface area contributed by atoms with Gasteiger partial charge in [0.15, 0.2) is 0 Å². The Morgan fingerprint density at radius 1 is 1.33 bits per heavy atom. The maximum Gasteiger partial charge on any atom is 0.220 e. The van der Waals surface area contributed by atoms with E-state index in [-0.39, 0.29) is 11.3 Å². The second kappa shape index (κ2) is 3.50. The molecule has 0 radical (unpaired) electrons. The molecule has 2 rings (SSSR count). The van der Waals surface area contributed by atoms with Crippen LogP contribution in [0.25, 0.3) is 0 Å². The Hall–Kier alpha value is -0.530. The average Bonchev–Trinajstić information content (AvgIpc) is 1.91. The van der Waals surface area contributed by atoms with Crippen LogP contribution in [0.15, 0.2) is 0 Å². The zero-order valence-electron chi connectivity index (χ0n) is 10.2. The summed E-state index contributed by atoms with van der Waals surface area (Å²) in [6, 6.07) is 0.501. The van der Waals surface area contributed by atoms with E-state index < -0.39 is 0 Å². The van der Waals surface area contributed by atoms with E-state index in [0.29, 0.717) is 17.9 Å². The SMILES string of the molecule is CC(C)(C)CC(=O)NC1CCC12CCC2. The predicted octanol–water partition coefficient (Wildman–Crippen LogP) is 2.87. The van der Waals surface area contributed by atoms with Gasteiger partial charge in [0.05, 0.1) is 0 Å². The third kappa shape index (κ3) is 2.19. The summed E-state index contributed by atoms with van der Waals surface area (Å²) < 4.78 is 0. The first-order chi connectivity index (χ1) is 6.91. The molecule has 0 aromatic heterocycles. The third-order valence-electron chi connectivity index (χ3n) is 4.05. The maximum absolute atomic E-state index is 11.8. The molecule has 1 spiro atoms. The molecule has 0 aromatic rings. The lowest BCUT2D eigenvalue weighted by Gasteiger charge is -2.56. The van der Waals surface area contributed by atoms with Crippen LogP contribution in [0.5, 0.6) is 0 Å². The van der Waals surface area contributed by atoms with Crippen LogP contribution in [0, 0.1) is 10.8 Å². The Bertz CT molecular complexity index is 255. The molecular formula is C13H23NO. The Labute approximate surface area is 92.8 Å². The summed E-state index contributed by atoms with van der Waals surface area (Å²) in [6.07, 6.45) is 7.25. The normalized spacial score (nSPS) is 28.1. The van der Waals surface area contributed by atoms with Crippen LogP contribution in [-0.2, 0) is 4.79 Å². The van der Waals surface area contributed by atoms with Gasteiger partial charge in [-0.3, -0.25) is 4.79 Å². The smallest absolute Gasteiger partial charge is 0.220 e. The molecule has 2 aliphatic rings. The van der Waals surface area contributed by atoms with Gasteiger partial charge >= 0.3 is 0 Å². The van der Waals surface area contributed by atoms with Crippen LogP contribution in [0.1, 0.15) is 59.3 Å². The summed E-state index contributed by atoms with van der Waals surface area (Å²) >= 11 is 0. The largest absolute Gasteiger partial charge is 0.353 e. The van der Waals surface area contributed by atoms with Gasteiger partial charge in [0.1, 0.15) is 0 Å². The summed E-state index contributed by atoms with van der Waals surface area (Å²) in [5.74, 6) is 0.249. The molecule has 1 N–H and O–H groups in total. The van der Waals surface area contributed by atoms with E-state index in [4.69, 9.17) is 0 Å². The summed E-state index contributed by atoms with van der Waals surface area (Å²) in [4.78, 5) is 11.8. The van der Waals surface area contributed by atoms with E-state index in [1.165, 1.54) is 32.1 Å². The van der Waals surface area contributed by atoms with Gasteiger partial charge in [0.2, 0.25) is 5.91 Å². The van der Waals surface area contributed by atoms with Gasteiger partial charge in [0, 0.05) is 12.5 Å². The number of nitrogens with one attached hydrogen (secondary N) is 1. The minimum Gasteiger partial charge on any atom is -0.353 e. The summed E-state index contributed by atoms with van der Waals surface area (Å²) in [6.45, 7) is 6.35. The van der Waals surface area contributed by atoms with Crippen molar-refractivity contribution in [3.05, 3.63) is 0 Å². The van der Waals surface area contributed by atoms with E-state index in [1.807, 2.05) is 0 Å². The third-order valence-corrected chi connectivity index (χ3v) is 4.05. The van der Waals surface area contributed by atoms with Gasteiger partial charge < -0.3 is 5.32 Å². The van der Waals surface area contributed by atoms with E-state index >= 15 is 0 Å². The zero-order chi connectivity index (χ0) is 11.1. The van der Waals surface area contributed by atoms with Crippen LogP contribution in [-0.4, -0.2) is 11.9 Å². The quantitative estimate of drug-likeness (QED) is 0.744. The van der Waals surface area contributed by atoms with Crippen LogP contribution in [0.4, 0.5) is 0 Å². The number of carbonyl (C=O) groups is 1. The molecule has 0 heterocycles. The molecule has 2 fully saturated rings. The highest BCUT2D eigenvalue weighted by Crippen LogP contribution is 2.55. The van der Waals surface area contributed by atoms with E-state index in [0.717, 1.165) is 0 Å². The van der Waals surface area contributed by atoms with Crippen molar-refractivity contribution in [1.29, 1.82) is 0 Å². The molecule has 2 nitrogen and oxygen atoms in total. The molecule has 2 aliphatic carbocycles. The predicted molar refractivity (Wildman–Crippen MR) is 61.5 cm³/mol. The first-order valence-electron chi connectivity index (χ1n) is 6.21. The van der Waals surface area contributed by atoms with Crippen LogP contribution in [0.2, 0.25) is 0 Å². The molecule has 0 aromatic carbocycles. The van der Waals surface area contributed by atoms with Gasteiger partial charge in [-0.15, -0.1) is 0 Å². The highest BCUT2D eigenvalue weighted by atomic mass is 16.1. The average molecular weight is 209 g/mol. The van der Waals surface area contributed by atoms with Crippen LogP contribution >= 0.6 is 0 Å². The molecule has 1 unspecified atom stereocenters. The molecule has 2 saturated carbocycles. The first kappa shape index (κ1) is 11.0. The van der Waals surface area contributed by atoms with Crippen molar-refractivity contribution in [2.24, 2.45) is 10.8 Å². The maximum atomic E-state index is 11.8. The zero-order valence-corrected chi connectivity index (χ0v) is 10.2. The molecule has 1 atom stereocenters. The minimum atomic E-state index is 0.112. The van der Waals surface area contributed by atoms with Crippen molar-refractivity contribution in [3.8, 4) is 0 Å². The lowest BCUT2D eigenvalue weighted by atomic mass is 9.53. The van der Waals surface area contributed by atoms with E-state index in [9.17, 15) is 4.79 Å². The first-order valence-corrected chi connectivity index (χ1v) is 6.21. The van der Waals surface area contributed by atoms with Gasteiger partial charge in [-0.2, -0.15) is 0 Å². The Morgan fingerprint density at radius 3 is 2.33 bits per heavy atom. The lowest BCUT2D eigenvalue weighted by molar-refractivity contribution is -0.128. The highest BCUT2D eigenvalue weighted by Gasteiger charge is 2.51. The fourth-order valence-electron chi connectivity index (χ4n) is 2.88. The molecule has 86 valence electrons. The highest BCUT2D eigenvalue weighted by molar-refractivity contribution is 5.77. The summed E-state index contributed by atoms with van der Waals surface area (Å²) in [7, 11) is 0. The van der Waals surface area contributed by atoms with Crippen molar-refractivity contribution in [2.45, 2.75) is 65.3 Å². The summed E-state index contributed by atoms with van der Waals surface area (Å²) in [5.41, 5.74) is 0.647. The second-order valence-corrected chi connectivity index (χ2v) is 6.61. The molecule has 0 saturated heterocycles. The van der Waals surface area contributed by atoms with Gasteiger partial charge in [-0.1, -0.05) is 27.2 Å².